The van der Waals surface area contributed by atoms with Crippen LogP contribution in [-0.4, -0.2) is 32.5 Å². The number of hydrogen-bond donors (Lipinski definition) is 1. The van der Waals surface area contributed by atoms with Crippen LogP contribution in [0, 0.1) is 5.82 Å². The minimum Gasteiger partial charge on any atom is -0.313 e. The summed E-state index contributed by atoms with van der Waals surface area (Å²) in [5.74, 6) is -0.393. The Morgan fingerprint density at radius 2 is 2.25 bits per heavy atom. The fourth-order valence-electron chi connectivity index (χ4n) is 1.46. The van der Waals surface area contributed by atoms with Gasteiger partial charge in [-0.2, -0.15) is 0 Å². The predicted octanol–water partition coefficient (Wildman–Crippen LogP) is 0.916. The smallest absolute Gasteiger partial charge is 0.147 e. The predicted molar refractivity (Wildman–Crippen MR) is 60.3 cm³/mol. The highest BCUT2D eigenvalue weighted by atomic mass is 32.2. The molecule has 1 aromatic rings. The molecule has 1 N–H and O–H groups in total. The molecule has 0 saturated heterocycles. The first-order valence-corrected chi connectivity index (χ1v) is 6.94. The van der Waals surface area contributed by atoms with Gasteiger partial charge < -0.3 is 5.32 Å². The van der Waals surface area contributed by atoms with Crippen LogP contribution in [0.15, 0.2) is 18.5 Å². The lowest BCUT2D eigenvalue weighted by Gasteiger charge is -2.16. The Hall–Kier alpha value is -1.01. The molecule has 4 nitrogen and oxygen atoms in total. The summed E-state index contributed by atoms with van der Waals surface area (Å²) in [5, 5.41) is 2.90. The number of nitrogens with zero attached hydrogens (tertiary/aromatic N) is 1. The van der Waals surface area contributed by atoms with Gasteiger partial charge in [0.05, 0.1) is 11.9 Å². The first-order valence-electron chi connectivity index (χ1n) is 4.88. The van der Waals surface area contributed by atoms with Crippen LogP contribution in [0.25, 0.3) is 0 Å². The number of rotatable bonds is 5. The second-order valence-electron chi connectivity index (χ2n) is 3.66. The van der Waals surface area contributed by atoms with E-state index in [0.717, 1.165) is 6.20 Å². The standard InChI is InChI=1S/C10H15FN2O2S/c1-12-10(4-6-16(2,14)15)8-3-5-13-7-9(8)11/h3,5,7,10,12H,4,6H2,1-2H3. The summed E-state index contributed by atoms with van der Waals surface area (Å²) in [6.45, 7) is 0. The number of nitrogens with one attached hydrogen (secondary N) is 1. The van der Waals surface area contributed by atoms with Gasteiger partial charge in [-0.25, -0.2) is 12.8 Å². The van der Waals surface area contributed by atoms with E-state index in [1.165, 1.54) is 12.5 Å². The maximum absolute atomic E-state index is 13.4. The Balaban J connectivity index is 2.79. The zero-order valence-electron chi connectivity index (χ0n) is 9.27. The van der Waals surface area contributed by atoms with Crippen LogP contribution >= 0.6 is 0 Å². The summed E-state index contributed by atoms with van der Waals surface area (Å²) in [5.41, 5.74) is 0.446. The second-order valence-corrected chi connectivity index (χ2v) is 5.92. The molecule has 0 amide bonds. The van der Waals surface area contributed by atoms with Crippen LogP contribution in [0.4, 0.5) is 4.39 Å². The van der Waals surface area contributed by atoms with Gasteiger partial charge in [-0.05, 0) is 19.5 Å². The first-order chi connectivity index (χ1) is 7.44. The molecule has 0 bridgehead atoms. The van der Waals surface area contributed by atoms with E-state index in [9.17, 15) is 12.8 Å². The van der Waals surface area contributed by atoms with Gasteiger partial charge in [0, 0.05) is 24.1 Å². The van der Waals surface area contributed by atoms with Crippen molar-refractivity contribution in [2.45, 2.75) is 12.5 Å². The SMILES string of the molecule is CNC(CCS(C)(=O)=O)c1ccncc1F. The van der Waals surface area contributed by atoms with Crippen LogP contribution in [0.3, 0.4) is 0 Å². The summed E-state index contributed by atoms with van der Waals surface area (Å²) in [6, 6.07) is 1.25. The van der Waals surface area contributed by atoms with Crippen molar-refractivity contribution in [2.75, 3.05) is 19.1 Å². The van der Waals surface area contributed by atoms with E-state index < -0.39 is 15.7 Å². The molecular weight excluding hydrogens is 231 g/mol. The Kier molecular flexibility index (Phi) is 4.37. The van der Waals surface area contributed by atoms with Crippen molar-refractivity contribution in [3.05, 3.63) is 29.8 Å². The van der Waals surface area contributed by atoms with Crippen molar-refractivity contribution in [2.24, 2.45) is 0 Å². The number of sulfone groups is 1. The van der Waals surface area contributed by atoms with Crippen LogP contribution in [0.1, 0.15) is 18.0 Å². The Bertz CT molecular complexity index is 448. The third kappa shape index (κ3) is 3.86. The van der Waals surface area contributed by atoms with E-state index in [0.29, 0.717) is 12.0 Å². The molecule has 0 radical (unpaired) electrons. The molecule has 1 atom stereocenters. The van der Waals surface area contributed by atoms with Crippen LogP contribution in [0.5, 0.6) is 0 Å². The third-order valence-electron chi connectivity index (χ3n) is 2.31. The fourth-order valence-corrected chi connectivity index (χ4v) is 2.12. The van der Waals surface area contributed by atoms with Gasteiger partial charge >= 0.3 is 0 Å². The van der Waals surface area contributed by atoms with Gasteiger partial charge in [0.15, 0.2) is 0 Å². The molecule has 0 fully saturated rings. The van der Waals surface area contributed by atoms with E-state index in [4.69, 9.17) is 0 Å². The first kappa shape index (κ1) is 13.1. The molecule has 1 unspecified atom stereocenters. The molecule has 0 spiro atoms. The molecule has 0 aliphatic rings. The van der Waals surface area contributed by atoms with E-state index >= 15 is 0 Å². The largest absolute Gasteiger partial charge is 0.313 e. The van der Waals surface area contributed by atoms with Gasteiger partial charge in [0.25, 0.3) is 0 Å². The molecule has 1 aromatic heterocycles. The summed E-state index contributed by atoms with van der Waals surface area (Å²) < 4.78 is 35.5. The third-order valence-corrected chi connectivity index (χ3v) is 3.28. The fraction of sp³-hybridized carbons (Fsp3) is 0.500. The van der Waals surface area contributed by atoms with Gasteiger partial charge in [-0.1, -0.05) is 0 Å². The lowest BCUT2D eigenvalue weighted by molar-refractivity contribution is 0.517. The van der Waals surface area contributed by atoms with Gasteiger partial charge in [-0.15, -0.1) is 0 Å². The van der Waals surface area contributed by atoms with Crippen LogP contribution in [0.2, 0.25) is 0 Å². The molecule has 0 saturated carbocycles. The summed E-state index contributed by atoms with van der Waals surface area (Å²) in [6.07, 6.45) is 4.13. The van der Waals surface area contributed by atoms with Gasteiger partial charge in [0.2, 0.25) is 0 Å². The summed E-state index contributed by atoms with van der Waals surface area (Å²) in [4.78, 5) is 3.65. The van der Waals surface area contributed by atoms with Crippen molar-refractivity contribution in [1.82, 2.24) is 10.3 Å². The van der Waals surface area contributed by atoms with Crippen molar-refractivity contribution in [3.8, 4) is 0 Å². The molecule has 90 valence electrons. The maximum Gasteiger partial charge on any atom is 0.147 e. The van der Waals surface area contributed by atoms with E-state index in [1.807, 2.05) is 0 Å². The molecule has 6 heteroatoms. The molecule has 1 rings (SSSR count). The van der Waals surface area contributed by atoms with Gasteiger partial charge in [0.1, 0.15) is 15.7 Å². The minimum absolute atomic E-state index is 0.0280. The van der Waals surface area contributed by atoms with Crippen molar-refractivity contribution in [3.63, 3.8) is 0 Å². The quantitative estimate of drug-likeness (QED) is 0.839. The van der Waals surface area contributed by atoms with Crippen molar-refractivity contribution >= 4 is 9.84 Å². The monoisotopic (exact) mass is 246 g/mol. The molecule has 0 aliphatic carbocycles. The highest BCUT2D eigenvalue weighted by molar-refractivity contribution is 7.90. The lowest BCUT2D eigenvalue weighted by Crippen LogP contribution is -2.21. The van der Waals surface area contributed by atoms with Crippen molar-refractivity contribution in [1.29, 1.82) is 0 Å². The average Bonchev–Trinajstić information content (AvgIpc) is 2.20. The molecule has 16 heavy (non-hydrogen) atoms. The molecule has 0 aromatic carbocycles. The van der Waals surface area contributed by atoms with E-state index in [-0.39, 0.29) is 11.8 Å². The lowest BCUT2D eigenvalue weighted by atomic mass is 10.1. The van der Waals surface area contributed by atoms with Crippen molar-refractivity contribution < 1.29 is 12.8 Å². The Labute approximate surface area is 94.8 Å². The summed E-state index contributed by atoms with van der Waals surface area (Å²) >= 11 is 0. The van der Waals surface area contributed by atoms with Crippen LogP contribution in [-0.2, 0) is 9.84 Å². The molecule has 0 aliphatic heterocycles. The Morgan fingerprint density at radius 1 is 1.56 bits per heavy atom. The normalized spacial score (nSPS) is 13.7. The maximum atomic E-state index is 13.4. The summed E-state index contributed by atoms with van der Waals surface area (Å²) in [7, 11) is -1.35. The number of pyridine rings is 1. The minimum atomic E-state index is -3.03. The zero-order chi connectivity index (χ0) is 12.2. The number of hydrogen-bond acceptors (Lipinski definition) is 4. The zero-order valence-corrected chi connectivity index (χ0v) is 10.1. The topological polar surface area (TPSA) is 59.1 Å². The highest BCUT2D eigenvalue weighted by Gasteiger charge is 2.15. The highest BCUT2D eigenvalue weighted by Crippen LogP contribution is 2.19. The van der Waals surface area contributed by atoms with E-state index in [2.05, 4.69) is 10.3 Å². The average molecular weight is 246 g/mol. The van der Waals surface area contributed by atoms with Gasteiger partial charge in [-0.3, -0.25) is 4.98 Å². The second kappa shape index (κ2) is 5.36. The number of halogens is 1. The van der Waals surface area contributed by atoms with E-state index in [1.54, 1.807) is 13.1 Å². The number of aromatic nitrogens is 1. The van der Waals surface area contributed by atoms with Crippen LogP contribution < -0.4 is 5.32 Å². The molecular formula is C10H15FN2O2S. The molecule has 1 heterocycles. The Morgan fingerprint density at radius 3 is 2.75 bits per heavy atom.